The summed E-state index contributed by atoms with van der Waals surface area (Å²) in [5.41, 5.74) is 0.396. The van der Waals surface area contributed by atoms with Crippen LogP contribution in [0, 0.1) is 0 Å². The van der Waals surface area contributed by atoms with Gasteiger partial charge in [0.2, 0.25) is 0 Å². The van der Waals surface area contributed by atoms with E-state index in [9.17, 15) is 14.4 Å². The Balaban J connectivity index is 1.87. The van der Waals surface area contributed by atoms with Crippen LogP contribution in [-0.4, -0.2) is 45.1 Å². The van der Waals surface area contributed by atoms with E-state index in [1.165, 1.54) is 22.8 Å². The summed E-state index contributed by atoms with van der Waals surface area (Å²) < 4.78 is 19.2. The Morgan fingerprint density at radius 2 is 2.15 bits per heavy atom. The minimum atomic E-state index is -0.700. The number of carbonyl (C=O) groups is 2. The number of amides is 1. The predicted molar refractivity (Wildman–Crippen MR) is 120 cm³/mol. The predicted octanol–water partition coefficient (Wildman–Crippen LogP) is 2.34. The second kappa shape index (κ2) is 9.06. The van der Waals surface area contributed by atoms with Crippen LogP contribution < -0.4 is 11.0 Å². The van der Waals surface area contributed by atoms with Crippen molar-refractivity contribution in [3.8, 4) is 0 Å². The Morgan fingerprint density at radius 3 is 2.88 bits per heavy atom. The Hall–Kier alpha value is -4.05. The molecule has 1 unspecified atom stereocenters. The topological polar surface area (TPSA) is 117 Å². The molecule has 10 heteroatoms. The highest BCUT2D eigenvalue weighted by molar-refractivity contribution is 5.95. The molecule has 0 aliphatic carbocycles. The fraction of sp³-hybridized carbons (Fsp3) is 0.292. The summed E-state index contributed by atoms with van der Waals surface area (Å²) in [5.74, 6) is -1.35. The first-order valence-corrected chi connectivity index (χ1v) is 11.0. The molecule has 174 valence electrons. The lowest BCUT2D eigenvalue weighted by Crippen LogP contribution is -2.35. The van der Waals surface area contributed by atoms with Crippen molar-refractivity contribution in [2.45, 2.75) is 32.4 Å². The van der Waals surface area contributed by atoms with Gasteiger partial charge in [0.1, 0.15) is 16.9 Å². The summed E-state index contributed by atoms with van der Waals surface area (Å²) >= 11 is 0. The number of hydrogen-bond acceptors (Lipinski definition) is 7. The molecule has 1 atom stereocenters. The van der Waals surface area contributed by atoms with E-state index in [4.69, 9.17) is 13.9 Å². The second-order valence-electron chi connectivity index (χ2n) is 7.83. The minimum Gasteiger partial charge on any atom is -0.462 e. The van der Waals surface area contributed by atoms with Crippen molar-refractivity contribution in [2.24, 2.45) is 4.99 Å². The molecule has 1 fully saturated rings. The smallest absolute Gasteiger partial charge is 0.341 e. The molecule has 0 radical (unpaired) electrons. The van der Waals surface area contributed by atoms with Crippen LogP contribution in [0.2, 0.25) is 0 Å². The molecular weight excluding hydrogens is 440 g/mol. The fourth-order valence-corrected chi connectivity index (χ4v) is 4.07. The summed E-state index contributed by atoms with van der Waals surface area (Å²) in [5, 5.41) is 0.203. The van der Waals surface area contributed by atoms with Gasteiger partial charge >= 0.3 is 11.9 Å². The highest BCUT2D eigenvalue weighted by atomic mass is 16.5. The van der Waals surface area contributed by atoms with Crippen LogP contribution in [0.4, 0.5) is 0 Å². The molecule has 0 aromatic carbocycles. The van der Waals surface area contributed by atoms with Gasteiger partial charge in [0.05, 0.1) is 30.9 Å². The van der Waals surface area contributed by atoms with E-state index >= 15 is 0 Å². The van der Waals surface area contributed by atoms with E-state index in [0.717, 1.165) is 12.8 Å². The monoisotopic (exact) mass is 462 g/mol. The Kier molecular flexibility index (Phi) is 5.81. The number of nitrogens with zero attached hydrogens (tertiary/aromatic N) is 4. The zero-order valence-corrected chi connectivity index (χ0v) is 18.5. The van der Waals surface area contributed by atoms with Crippen LogP contribution in [0.15, 0.2) is 63.1 Å². The van der Waals surface area contributed by atoms with Crippen molar-refractivity contribution in [1.82, 2.24) is 14.0 Å². The van der Waals surface area contributed by atoms with Gasteiger partial charge in [0.15, 0.2) is 11.2 Å². The number of pyridine rings is 2. The maximum absolute atomic E-state index is 13.3. The third-order valence-electron chi connectivity index (χ3n) is 5.63. The van der Waals surface area contributed by atoms with Gasteiger partial charge in [-0.25, -0.2) is 9.78 Å². The number of rotatable bonds is 5. The number of hydrogen-bond donors (Lipinski definition) is 0. The van der Waals surface area contributed by atoms with Gasteiger partial charge in [-0.3, -0.25) is 14.0 Å². The van der Waals surface area contributed by atoms with Crippen molar-refractivity contribution >= 4 is 28.6 Å². The maximum Gasteiger partial charge on any atom is 0.341 e. The minimum absolute atomic E-state index is 0.0120. The summed E-state index contributed by atoms with van der Waals surface area (Å²) in [6.07, 6.45) is 4.46. The van der Waals surface area contributed by atoms with E-state index in [0.29, 0.717) is 17.9 Å². The first kappa shape index (κ1) is 21.8. The molecule has 34 heavy (non-hydrogen) atoms. The highest BCUT2D eigenvalue weighted by Gasteiger charge is 2.24. The van der Waals surface area contributed by atoms with E-state index in [1.807, 2.05) is 0 Å². The maximum atomic E-state index is 13.3. The summed E-state index contributed by atoms with van der Waals surface area (Å²) in [4.78, 5) is 48.1. The lowest BCUT2D eigenvalue weighted by Gasteiger charge is -2.17. The van der Waals surface area contributed by atoms with Crippen molar-refractivity contribution in [2.75, 3.05) is 13.2 Å². The fourth-order valence-electron chi connectivity index (χ4n) is 4.07. The first-order chi connectivity index (χ1) is 16.6. The van der Waals surface area contributed by atoms with Crippen LogP contribution in [0.5, 0.6) is 0 Å². The van der Waals surface area contributed by atoms with Crippen LogP contribution in [-0.2, 0) is 16.0 Å². The van der Waals surface area contributed by atoms with Gasteiger partial charge in [0.25, 0.3) is 5.56 Å². The molecule has 0 saturated carbocycles. The molecule has 4 aromatic rings. The van der Waals surface area contributed by atoms with E-state index in [-0.39, 0.29) is 47.0 Å². The van der Waals surface area contributed by atoms with Gasteiger partial charge in [-0.1, -0.05) is 6.07 Å². The first-order valence-electron chi connectivity index (χ1n) is 11.0. The Labute approximate surface area is 193 Å². The standard InChI is InChI=1S/C24H22N4O6/c1-2-32-24(31)17-13-16-20(25-19-9-3-4-10-27(19)23(16)30)28(14-15-7-5-11-33-15)21(17)26-22(29)18-8-6-12-34-18/h3-4,6,8-10,12-13,15H,2,5,7,11,14H2,1H3. The molecule has 4 aromatic heterocycles. The second-order valence-corrected chi connectivity index (χ2v) is 7.83. The number of ether oxygens (including phenoxy) is 2. The van der Waals surface area contributed by atoms with Gasteiger partial charge in [-0.15, -0.1) is 0 Å². The molecule has 10 nitrogen and oxygen atoms in total. The molecule has 1 aliphatic heterocycles. The molecule has 0 N–H and O–H groups in total. The van der Waals surface area contributed by atoms with E-state index in [1.54, 1.807) is 42.0 Å². The van der Waals surface area contributed by atoms with Crippen molar-refractivity contribution < 1.29 is 23.5 Å². The lowest BCUT2D eigenvalue weighted by atomic mass is 10.2. The number of fused-ring (bicyclic) bond motifs is 2. The van der Waals surface area contributed by atoms with Crippen LogP contribution in [0.25, 0.3) is 16.7 Å². The van der Waals surface area contributed by atoms with Crippen LogP contribution in [0.3, 0.4) is 0 Å². The molecular formula is C24H22N4O6. The zero-order valence-electron chi connectivity index (χ0n) is 18.5. The Morgan fingerprint density at radius 1 is 1.26 bits per heavy atom. The van der Waals surface area contributed by atoms with Crippen molar-refractivity contribution in [3.05, 3.63) is 76.0 Å². The molecule has 1 aliphatic rings. The van der Waals surface area contributed by atoms with E-state index in [2.05, 4.69) is 9.98 Å². The third kappa shape index (κ3) is 3.92. The molecule has 1 amide bonds. The number of aromatic nitrogens is 3. The van der Waals surface area contributed by atoms with Gasteiger partial charge < -0.3 is 18.5 Å². The Bertz CT molecular complexity index is 1510. The molecule has 0 bridgehead atoms. The highest BCUT2D eigenvalue weighted by Crippen LogP contribution is 2.17. The summed E-state index contributed by atoms with van der Waals surface area (Å²) in [6.45, 7) is 2.65. The van der Waals surface area contributed by atoms with Crippen molar-refractivity contribution in [1.29, 1.82) is 0 Å². The SMILES string of the molecule is CCOC(=O)c1cc2c(=O)n3ccccc3nc2n(CC2CCCO2)c1=NC(=O)c1ccco1. The lowest BCUT2D eigenvalue weighted by molar-refractivity contribution is 0.0521. The van der Waals surface area contributed by atoms with Crippen molar-refractivity contribution in [3.63, 3.8) is 0 Å². The van der Waals surface area contributed by atoms with Crippen LogP contribution in [0.1, 0.15) is 40.7 Å². The average molecular weight is 462 g/mol. The summed E-state index contributed by atoms with van der Waals surface area (Å²) in [6, 6.07) is 9.66. The van der Waals surface area contributed by atoms with Gasteiger partial charge in [-0.05, 0) is 50.1 Å². The summed E-state index contributed by atoms with van der Waals surface area (Å²) in [7, 11) is 0. The zero-order chi connectivity index (χ0) is 23.7. The molecule has 1 saturated heterocycles. The average Bonchev–Trinajstić information content (AvgIpc) is 3.55. The van der Waals surface area contributed by atoms with Gasteiger partial charge in [0, 0.05) is 12.8 Å². The normalized spacial score (nSPS) is 16.4. The molecule has 0 spiro atoms. The quantitative estimate of drug-likeness (QED) is 0.330. The third-order valence-corrected chi connectivity index (χ3v) is 5.63. The van der Waals surface area contributed by atoms with Crippen LogP contribution >= 0.6 is 0 Å². The number of esters is 1. The molecule has 5 heterocycles. The van der Waals surface area contributed by atoms with E-state index < -0.39 is 11.9 Å². The molecule has 5 rings (SSSR count). The van der Waals surface area contributed by atoms with Gasteiger partial charge in [-0.2, -0.15) is 4.99 Å². The largest absolute Gasteiger partial charge is 0.462 e. The number of carbonyl (C=O) groups excluding carboxylic acids is 2. The number of furan rings is 1.